The summed E-state index contributed by atoms with van der Waals surface area (Å²) < 4.78 is 6.96. The van der Waals surface area contributed by atoms with Crippen LogP contribution in [0.1, 0.15) is 0 Å². The molecule has 82 valence electrons. The van der Waals surface area contributed by atoms with Crippen LogP contribution in [0, 0.1) is 0 Å². The molecule has 1 N–H and O–H groups in total. The quantitative estimate of drug-likeness (QED) is 0.846. The van der Waals surface area contributed by atoms with Crippen LogP contribution in [0.4, 0.5) is 5.69 Å². The molecule has 2 aromatic rings. The summed E-state index contributed by atoms with van der Waals surface area (Å²) in [7, 11) is 0. The summed E-state index contributed by atoms with van der Waals surface area (Å²) in [6, 6.07) is 10.6. The molecule has 0 radical (unpaired) electrons. The summed E-state index contributed by atoms with van der Waals surface area (Å²) in [5, 5.41) is 7.58. The second kappa shape index (κ2) is 3.98. The lowest BCUT2D eigenvalue weighted by Gasteiger charge is -2.27. The maximum atomic E-state index is 5.11. The zero-order chi connectivity index (χ0) is 10.8. The summed E-state index contributed by atoms with van der Waals surface area (Å²) in [6.45, 7) is 1.61. The number of ether oxygens (including phenoxy) is 1. The molecular formula is C12H13N3O. The Morgan fingerprint density at radius 2 is 2.06 bits per heavy atom. The first-order valence-electron chi connectivity index (χ1n) is 5.36. The molecule has 1 saturated heterocycles. The predicted molar refractivity (Wildman–Crippen MR) is 61.8 cm³/mol. The molecule has 4 nitrogen and oxygen atoms in total. The monoisotopic (exact) mass is 215 g/mol. The topological polar surface area (TPSA) is 39.1 Å². The number of aromatic nitrogens is 2. The fraction of sp³-hybridized carbons (Fsp3) is 0.250. The fourth-order valence-corrected chi connectivity index (χ4v) is 1.69. The van der Waals surface area contributed by atoms with Gasteiger partial charge in [0.15, 0.2) is 0 Å². The van der Waals surface area contributed by atoms with Gasteiger partial charge in [0.25, 0.3) is 0 Å². The van der Waals surface area contributed by atoms with Crippen molar-refractivity contribution in [1.82, 2.24) is 9.78 Å². The molecule has 0 saturated carbocycles. The SMILES string of the molecule is c1cnn(-c2ccc(NC3COC3)cc2)c1. The highest BCUT2D eigenvalue weighted by Gasteiger charge is 2.17. The van der Waals surface area contributed by atoms with Gasteiger partial charge in [0.2, 0.25) is 0 Å². The van der Waals surface area contributed by atoms with Crippen molar-refractivity contribution in [1.29, 1.82) is 0 Å². The zero-order valence-corrected chi connectivity index (χ0v) is 8.84. The summed E-state index contributed by atoms with van der Waals surface area (Å²) in [5.74, 6) is 0. The second-order valence-corrected chi connectivity index (χ2v) is 3.88. The van der Waals surface area contributed by atoms with Crippen LogP contribution in [0.15, 0.2) is 42.7 Å². The van der Waals surface area contributed by atoms with Crippen molar-refractivity contribution in [3.8, 4) is 5.69 Å². The minimum absolute atomic E-state index is 0.468. The van der Waals surface area contributed by atoms with E-state index in [1.165, 1.54) is 0 Å². The van der Waals surface area contributed by atoms with E-state index >= 15 is 0 Å². The average molecular weight is 215 g/mol. The van der Waals surface area contributed by atoms with Crippen LogP contribution in [-0.4, -0.2) is 29.0 Å². The molecule has 0 aliphatic carbocycles. The first-order chi connectivity index (χ1) is 7.92. The molecule has 16 heavy (non-hydrogen) atoms. The van der Waals surface area contributed by atoms with E-state index < -0.39 is 0 Å². The molecule has 0 amide bonds. The lowest BCUT2D eigenvalue weighted by Crippen LogP contribution is -2.40. The van der Waals surface area contributed by atoms with E-state index in [2.05, 4.69) is 34.7 Å². The third-order valence-electron chi connectivity index (χ3n) is 2.65. The first kappa shape index (κ1) is 9.42. The Morgan fingerprint density at radius 3 is 2.62 bits per heavy atom. The van der Waals surface area contributed by atoms with Crippen molar-refractivity contribution >= 4 is 5.69 Å². The van der Waals surface area contributed by atoms with E-state index in [9.17, 15) is 0 Å². The summed E-state index contributed by atoms with van der Waals surface area (Å²) in [6.07, 6.45) is 3.71. The molecule has 0 bridgehead atoms. The van der Waals surface area contributed by atoms with E-state index in [1.54, 1.807) is 6.20 Å². The molecule has 1 aromatic carbocycles. The molecule has 0 unspecified atom stereocenters. The lowest BCUT2D eigenvalue weighted by molar-refractivity contribution is 0.0211. The second-order valence-electron chi connectivity index (χ2n) is 3.88. The van der Waals surface area contributed by atoms with Crippen LogP contribution in [0.3, 0.4) is 0 Å². The number of hydrogen-bond donors (Lipinski definition) is 1. The van der Waals surface area contributed by atoms with Gasteiger partial charge in [0.1, 0.15) is 0 Å². The Bertz CT molecular complexity index is 446. The highest BCUT2D eigenvalue weighted by atomic mass is 16.5. The van der Waals surface area contributed by atoms with Crippen LogP contribution < -0.4 is 5.32 Å². The minimum Gasteiger partial charge on any atom is -0.378 e. The maximum absolute atomic E-state index is 5.11. The molecule has 0 spiro atoms. The van der Waals surface area contributed by atoms with E-state index in [1.807, 2.05) is 16.9 Å². The van der Waals surface area contributed by atoms with Gasteiger partial charge in [-0.1, -0.05) is 0 Å². The Morgan fingerprint density at radius 1 is 1.25 bits per heavy atom. The van der Waals surface area contributed by atoms with E-state index in [4.69, 9.17) is 4.74 Å². The fourth-order valence-electron chi connectivity index (χ4n) is 1.69. The molecule has 0 atom stereocenters. The van der Waals surface area contributed by atoms with E-state index in [-0.39, 0.29) is 0 Å². The number of hydrogen-bond acceptors (Lipinski definition) is 3. The Kier molecular flexibility index (Phi) is 2.34. The third-order valence-corrected chi connectivity index (χ3v) is 2.65. The standard InChI is InChI=1S/C12H13N3O/c1-6-13-15(7-1)12-4-2-10(3-5-12)14-11-8-16-9-11/h1-7,11,14H,8-9H2. The normalized spacial score (nSPS) is 15.8. The third kappa shape index (κ3) is 1.79. The summed E-state index contributed by atoms with van der Waals surface area (Å²) >= 11 is 0. The van der Waals surface area contributed by atoms with Gasteiger partial charge in [-0.25, -0.2) is 4.68 Å². The summed E-state index contributed by atoms with van der Waals surface area (Å²) in [4.78, 5) is 0. The highest BCUT2D eigenvalue weighted by molar-refractivity contribution is 5.49. The molecule has 1 aliphatic heterocycles. The number of nitrogens with one attached hydrogen (secondary N) is 1. The van der Waals surface area contributed by atoms with Gasteiger partial charge in [0.05, 0.1) is 24.9 Å². The van der Waals surface area contributed by atoms with E-state index in [0.29, 0.717) is 6.04 Å². The largest absolute Gasteiger partial charge is 0.378 e. The number of nitrogens with zero attached hydrogens (tertiary/aromatic N) is 2. The van der Waals surface area contributed by atoms with E-state index in [0.717, 1.165) is 24.6 Å². The molecule has 3 rings (SSSR count). The molecule has 1 aliphatic rings. The van der Waals surface area contributed by atoms with Crippen molar-refractivity contribution in [3.63, 3.8) is 0 Å². The highest BCUT2D eigenvalue weighted by Crippen LogP contribution is 2.15. The predicted octanol–water partition coefficient (Wildman–Crippen LogP) is 1.68. The van der Waals surface area contributed by atoms with Crippen LogP contribution in [0.2, 0.25) is 0 Å². The van der Waals surface area contributed by atoms with Gasteiger partial charge in [0, 0.05) is 18.1 Å². The van der Waals surface area contributed by atoms with Crippen LogP contribution in [0.5, 0.6) is 0 Å². The Balaban J connectivity index is 1.74. The maximum Gasteiger partial charge on any atom is 0.0728 e. The molecular weight excluding hydrogens is 202 g/mol. The molecule has 2 heterocycles. The lowest BCUT2D eigenvalue weighted by atomic mass is 10.2. The van der Waals surface area contributed by atoms with Crippen molar-refractivity contribution in [2.24, 2.45) is 0 Å². The number of benzene rings is 1. The van der Waals surface area contributed by atoms with Gasteiger partial charge in [-0.3, -0.25) is 0 Å². The van der Waals surface area contributed by atoms with Crippen molar-refractivity contribution in [3.05, 3.63) is 42.7 Å². The number of rotatable bonds is 3. The first-order valence-corrected chi connectivity index (χ1v) is 5.36. The van der Waals surface area contributed by atoms with Crippen LogP contribution in [-0.2, 0) is 4.74 Å². The Labute approximate surface area is 93.8 Å². The van der Waals surface area contributed by atoms with Crippen molar-refractivity contribution in [2.75, 3.05) is 18.5 Å². The zero-order valence-electron chi connectivity index (χ0n) is 8.84. The molecule has 1 fully saturated rings. The van der Waals surface area contributed by atoms with Crippen LogP contribution >= 0.6 is 0 Å². The smallest absolute Gasteiger partial charge is 0.0728 e. The number of anilines is 1. The van der Waals surface area contributed by atoms with Gasteiger partial charge in [-0.05, 0) is 30.3 Å². The van der Waals surface area contributed by atoms with Gasteiger partial charge in [-0.2, -0.15) is 5.10 Å². The van der Waals surface area contributed by atoms with Gasteiger partial charge >= 0.3 is 0 Å². The summed E-state index contributed by atoms with van der Waals surface area (Å²) in [5.41, 5.74) is 2.20. The van der Waals surface area contributed by atoms with Crippen molar-refractivity contribution in [2.45, 2.75) is 6.04 Å². The van der Waals surface area contributed by atoms with Crippen molar-refractivity contribution < 1.29 is 4.74 Å². The Hall–Kier alpha value is -1.81. The van der Waals surface area contributed by atoms with Gasteiger partial charge < -0.3 is 10.1 Å². The average Bonchev–Trinajstić information content (AvgIpc) is 2.78. The molecule has 4 heteroatoms. The molecule has 1 aromatic heterocycles. The minimum atomic E-state index is 0.468. The van der Waals surface area contributed by atoms with Crippen LogP contribution in [0.25, 0.3) is 5.69 Å². The van der Waals surface area contributed by atoms with Gasteiger partial charge in [-0.15, -0.1) is 0 Å².